The second kappa shape index (κ2) is 7.76. The van der Waals surface area contributed by atoms with Gasteiger partial charge in [-0.3, -0.25) is 4.79 Å². The van der Waals surface area contributed by atoms with Gasteiger partial charge in [-0.15, -0.1) is 0 Å². The van der Waals surface area contributed by atoms with Gasteiger partial charge in [-0.1, -0.05) is 84.5 Å². The lowest BCUT2D eigenvalue weighted by Crippen LogP contribution is -2.05. The van der Waals surface area contributed by atoms with Gasteiger partial charge in [0.1, 0.15) is 0 Å². The number of hydrogen-bond donors (Lipinski definition) is 0. The summed E-state index contributed by atoms with van der Waals surface area (Å²) in [5.74, 6) is 0.0632. The molecule has 3 rings (SSSR count). The first kappa shape index (κ1) is 16.9. The number of carbonyl (C=O) groups is 1. The molecule has 0 heterocycles. The zero-order valence-corrected chi connectivity index (χ0v) is 14.7. The van der Waals surface area contributed by atoms with Gasteiger partial charge in [-0.2, -0.15) is 0 Å². The Morgan fingerprint density at radius 1 is 0.800 bits per heavy atom. The summed E-state index contributed by atoms with van der Waals surface area (Å²) in [6.45, 7) is 4.27. The van der Waals surface area contributed by atoms with E-state index in [9.17, 15) is 4.79 Å². The van der Waals surface area contributed by atoms with E-state index in [1.54, 1.807) is 12.2 Å². The fourth-order valence-electron chi connectivity index (χ4n) is 3.10. The van der Waals surface area contributed by atoms with E-state index < -0.39 is 0 Å². The van der Waals surface area contributed by atoms with Gasteiger partial charge in [-0.25, -0.2) is 0 Å². The van der Waals surface area contributed by atoms with Crippen molar-refractivity contribution in [2.24, 2.45) is 0 Å². The number of allylic oxidation sites excluding steroid dienone is 8. The van der Waals surface area contributed by atoms with Gasteiger partial charge in [0.25, 0.3) is 0 Å². The van der Waals surface area contributed by atoms with Gasteiger partial charge in [0, 0.05) is 5.57 Å². The van der Waals surface area contributed by atoms with Gasteiger partial charge in [0.05, 0.1) is 0 Å². The molecule has 0 radical (unpaired) electrons. The molecule has 25 heavy (non-hydrogen) atoms. The van der Waals surface area contributed by atoms with Gasteiger partial charge < -0.3 is 0 Å². The first-order valence-corrected chi connectivity index (χ1v) is 8.56. The van der Waals surface area contributed by atoms with Crippen LogP contribution in [0.25, 0.3) is 5.57 Å². The summed E-state index contributed by atoms with van der Waals surface area (Å²) in [6.07, 6.45) is 8.16. The Morgan fingerprint density at radius 3 is 2.04 bits per heavy atom. The molecule has 0 spiro atoms. The summed E-state index contributed by atoms with van der Waals surface area (Å²) < 4.78 is 0. The smallest absolute Gasteiger partial charge is 0.186 e. The Hall–Kier alpha value is -2.93. The molecule has 1 aliphatic rings. The van der Waals surface area contributed by atoms with Crippen molar-refractivity contribution in [1.29, 1.82) is 0 Å². The maximum absolute atomic E-state index is 12.5. The van der Waals surface area contributed by atoms with E-state index in [2.05, 4.69) is 50.2 Å². The number of carbonyl (C=O) groups excluding carboxylic acids is 1. The van der Waals surface area contributed by atoms with Gasteiger partial charge in [0.15, 0.2) is 5.78 Å². The third-order valence-electron chi connectivity index (χ3n) is 4.55. The summed E-state index contributed by atoms with van der Waals surface area (Å²) in [5, 5.41) is 0. The normalized spacial score (nSPS) is 16.6. The molecule has 124 valence electrons. The third kappa shape index (κ3) is 3.95. The molecule has 0 unspecified atom stereocenters. The van der Waals surface area contributed by atoms with E-state index in [1.165, 1.54) is 16.7 Å². The maximum Gasteiger partial charge on any atom is 0.186 e. The molecule has 0 amide bonds. The number of rotatable bonds is 4. The predicted molar refractivity (Wildman–Crippen MR) is 105 cm³/mol. The molecule has 0 atom stereocenters. The molecule has 0 saturated carbocycles. The van der Waals surface area contributed by atoms with E-state index in [-0.39, 0.29) is 5.78 Å². The Bertz CT molecular complexity index is 878. The second-order valence-corrected chi connectivity index (χ2v) is 6.30. The Labute approximate surface area is 149 Å². The average molecular weight is 326 g/mol. The Kier molecular flexibility index (Phi) is 5.25. The van der Waals surface area contributed by atoms with Crippen LogP contribution in [0.4, 0.5) is 0 Å². The van der Waals surface area contributed by atoms with Crippen molar-refractivity contribution in [2.75, 3.05) is 0 Å². The molecule has 0 fully saturated rings. The summed E-state index contributed by atoms with van der Waals surface area (Å²) in [4.78, 5) is 12.5. The highest BCUT2D eigenvalue weighted by Gasteiger charge is 2.17. The highest BCUT2D eigenvalue weighted by atomic mass is 16.1. The minimum absolute atomic E-state index is 0.0632. The number of benzene rings is 2. The lowest BCUT2D eigenvalue weighted by atomic mass is 9.87. The van der Waals surface area contributed by atoms with Crippen LogP contribution < -0.4 is 0 Å². The summed E-state index contributed by atoms with van der Waals surface area (Å²) in [6, 6.07) is 20.6. The lowest BCUT2D eigenvalue weighted by molar-refractivity contribution is -0.111. The van der Waals surface area contributed by atoms with E-state index in [0.29, 0.717) is 0 Å². The van der Waals surface area contributed by atoms with Gasteiger partial charge in [0.2, 0.25) is 0 Å². The van der Waals surface area contributed by atoms with Crippen molar-refractivity contribution < 1.29 is 4.79 Å². The van der Waals surface area contributed by atoms with Crippen LogP contribution in [0.3, 0.4) is 0 Å². The summed E-state index contributed by atoms with van der Waals surface area (Å²) in [5.41, 5.74) is 6.59. The zero-order chi connectivity index (χ0) is 17.6. The van der Waals surface area contributed by atoms with Crippen LogP contribution in [0, 0.1) is 0 Å². The number of hydrogen-bond acceptors (Lipinski definition) is 1. The molecule has 0 aromatic heterocycles. The van der Waals surface area contributed by atoms with E-state index in [1.807, 2.05) is 36.4 Å². The lowest BCUT2D eigenvalue weighted by Gasteiger charge is -2.17. The first-order valence-electron chi connectivity index (χ1n) is 8.56. The van der Waals surface area contributed by atoms with E-state index in [4.69, 9.17) is 0 Å². The molecule has 0 N–H and O–H groups in total. The molecule has 0 aliphatic heterocycles. The van der Waals surface area contributed by atoms with E-state index in [0.717, 1.165) is 23.1 Å². The first-order chi connectivity index (χ1) is 12.2. The Balaban J connectivity index is 2.10. The van der Waals surface area contributed by atoms with Gasteiger partial charge in [-0.05, 0) is 48.6 Å². The number of ketones is 1. The monoisotopic (exact) mass is 326 g/mol. The molecule has 0 bridgehead atoms. The molecule has 0 saturated heterocycles. The van der Waals surface area contributed by atoms with Gasteiger partial charge >= 0.3 is 0 Å². The SMILES string of the molecule is C/C(Cc1ccccc1)=C(C)/C(=C1/C=CC=CC1=O)c1ccccc1. The second-order valence-electron chi connectivity index (χ2n) is 6.30. The van der Waals surface area contributed by atoms with Crippen molar-refractivity contribution in [1.82, 2.24) is 0 Å². The van der Waals surface area contributed by atoms with Crippen molar-refractivity contribution in [3.05, 3.63) is 113 Å². The van der Waals surface area contributed by atoms with Crippen LogP contribution in [0.1, 0.15) is 25.0 Å². The van der Waals surface area contributed by atoms with Crippen molar-refractivity contribution in [3.63, 3.8) is 0 Å². The van der Waals surface area contributed by atoms with Crippen LogP contribution in [-0.4, -0.2) is 5.78 Å². The van der Waals surface area contributed by atoms with Crippen molar-refractivity contribution in [2.45, 2.75) is 20.3 Å². The topological polar surface area (TPSA) is 17.1 Å². The Morgan fingerprint density at radius 2 is 1.40 bits per heavy atom. The van der Waals surface area contributed by atoms with Crippen LogP contribution in [0.2, 0.25) is 0 Å². The largest absolute Gasteiger partial charge is 0.289 e. The molecular weight excluding hydrogens is 304 g/mol. The zero-order valence-electron chi connectivity index (χ0n) is 14.7. The van der Waals surface area contributed by atoms with Crippen LogP contribution in [-0.2, 0) is 11.2 Å². The summed E-state index contributed by atoms with van der Waals surface area (Å²) >= 11 is 0. The molecule has 1 heteroatoms. The van der Waals surface area contributed by atoms with Crippen LogP contribution in [0.15, 0.2) is 102 Å². The molecule has 2 aromatic carbocycles. The predicted octanol–water partition coefficient (Wildman–Crippen LogP) is 5.71. The fraction of sp³-hybridized carbons (Fsp3) is 0.125. The minimum atomic E-state index is 0.0632. The quantitative estimate of drug-likeness (QED) is 0.657. The average Bonchev–Trinajstić information content (AvgIpc) is 2.65. The maximum atomic E-state index is 12.5. The fourth-order valence-corrected chi connectivity index (χ4v) is 3.10. The summed E-state index contributed by atoms with van der Waals surface area (Å²) in [7, 11) is 0. The highest BCUT2D eigenvalue weighted by molar-refractivity contribution is 6.14. The van der Waals surface area contributed by atoms with Crippen LogP contribution in [0.5, 0.6) is 0 Å². The molecule has 1 aliphatic carbocycles. The van der Waals surface area contributed by atoms with E-state index >= 15 is 0 Å². The van der Waals surface area contributed by atoms with Crippen molar-refractivity contribution in [3.8, 4) is 0 Å². The molecular formula is C24H22O. The third-order valence-corrected chi connectivity index (χ3v) is 4.55. The van der Waals surface area contributed by atoms with Crippen LogP contribution >= 0.6 is 0 Å². The highest BCUT2D eigenvalue weighted by Crippen LogP contribution is 2.31. The molecule has 1 nitrogen and oxygen atoms in total. The minimum Gasteiger partial charge on any atom is -0.289 e. The standard InChI is InChI=1S/C24H22O/c1-18(17-20-11-5-3-6-12-20)19(2)24(21-13-7-4-8-14-21)22-15-9-10-16-23(22)25/h3-16H,17H2,1-2H3/b19-18-,24-22+. The van der Waals surface area contributed by atoms with Crippen molar-refractivity contribution >= 4 is 11.4 Å². The molecule has 2 aromatic rings.